The first-order valence-corrected chi connectivity index (χ1v) is 7.43. The van der Waals surface area contributed by atoms with E-state index in [9.17, 15) is 0 Å². The average molecular weight is 303 g/mol. The molecule has 3 rings (SSSR count). The maximum Gasteiger partial charge on any atom is 0.139 e. The Hall–Kier alpha value is -1.72. The molecule has 2 heterocycles. The number of aryl methyl sites for hydroxylation is 2. The first kappa shape index (κ1) is 13.3. The maximum absolute atomic E-state index is 5.90. The lowest BCUT2D eigenvalue weighted by atomic mass is 10.1. The van der Waals surface area contributed by atoms with Crippen LogP contribution in [-0.4, -0.2) is 12.1 Å². The highest BCUT2D eigenvalue weighted by atomic mass is 32.1. The summed E-state index contributed by atoms with van der Waals surface area (Å²) in [5.41, 5.74) is 2.53. The monoisotopic (exact) mass is 303 g/mol. The Kier molecular flexibility index (Phi) is 3.31. The van der Waals surface area contributed by atoms with Crippen molar-refractivity contribution in [3.05, 3.63) is 38.9 Å². The van der Waals surface area contributed by atoms with Gasteiger partial charge in [0.05, 0.1) is 27.9 Å². The molecule has 0 aliphatic heterocycles. The molecule has 1 aromatic carbocycles. The highest BCUT2D eigenvalue weighted by Crippen LogP contribution is 2.32. The third-order valence-electron chi connectivity index (χ3n) is 3.15. The van der Waals surface area contributed by atoms with Crippen LogP contribution < -0.4 is 4.74 Å². The zero-order valence-corrected chi connectivity index (χ0v) is 13.0. The van der Waals surface area contributed by atoms with Gasteiger partial charge in [-0.3, -0.25) is 0 Å². The van der Waals surface area contributed by atoms with Crippen molar-refractivity contribution in [3.63, 3.8) is 0 Å². The zero-order chi connectivity index (χ0) is 14.3. The van der Waals surface area contributed by atoms with Crippen LogP contribution in [0.15, 0.2) is 28.0 Å². The van der Waals surface area contributed by atoms with E-state index >= 15 is 0 Å². The minimum atomic E-state index is 0.738. The second-order valence-electron chi connectivity index (χ2n) is 4.48. The van der Waals surface area contributed by atoms with E-state index in [4.69, 9.17) is 21.4 Å². The molecule has 0 saturated carbocycles. The molecule has 0 aliphatic carbocycles. The Morgan fingerprint density at radius 3 is 2.75 bits per heavy atom. The molecule has 0 atom stereocenters. The van der Waals surface area contributed by atoms with Crippen LogP contribution in [0.25, 0.3) is 22.2 Å². The molecule has 0 aliphatic rings. The number of benzene rings is 1. The Bertz CT molecular complexity index is 849. The molecule has 0 amide bonds. The van der Waals surface area contributed by atoms with Gasteiger partial charge in [0.25, 0.3) is 0 Å². The normalized spacial score (nSPS) is 10.9. The van der Waals surface area contributed by atoms with Crippen molar-refractivity contribution >= 4 is 34.5 Å². The first-order valence-electron chi connectivity index (χ1n) is 6.14. The number of fused-ring (bicyclic) bond motifs is 1. The summed E-state index contributed by atoms with van der Waals surface area (Å²) in [5.74, 6) is 1.54. The van der Waals surface area contributed by atoms with Gasteiger partial charge in [0, 0.05) is 16.8 Å². The summed E-state index contributed by atoms with van der Waals surface area (Å²) in [6.07, 6.45) is 0. The lowest BCUT2D eigenvalue weighted by molar-refractivity contribution is 0.414. The van der Waals surface area contributed by atoms with Crippen molar-refractivity contribution in [2.75, 3.05) is 7.11 Å². The van der Waals surface area contributed by atoms with Crippen molar-refractivity contribution in [1.82, 2.24) is 4.98 Å². The summed E-state index contributed by atoms with van der Waals surface area (Å²) < 4.78 is 11.9. The van der Waals surface area contributed by atoms with Crippen molar-refractivity contribution in [3.8, 4) is 17.0 Å². The fourth-order valence-corrected chi connectivity index (χ4v) is 3.21. The number of ether oxygens (including phenoxy) is 1. The van der Waals surface area contributed by atoms with Gasteiger partial charge in [-0.15, -0.1) is 11.3 Å². The topological polar surface area (TPSA) is 35.3 Å². The van der Waals surface area contributed by atoms with Gasteiger partial charge in [0.1, 0.15) is 17.1 Å². The smallest absolute Gasteiger partial charge is 0.139 e. The number of methoxy groups -OCH3 is 1. The van der Waals surface area contributed by atoms with E-state index in [0.29, 0.717) is 0 Å². The van der Waals surface area contributed by atoms with Crippen LogP contribution in [0.2, 0.25) is 0 Å². The largest absolute Gasteiger partial charge is 0.497 e. The first-order chi connectivity index (χ1) is 9.60. The van der Waals surface area contributed by atoms with E-state index in [1.54, 1.807) is 18.4 Å². The SMILES string of the molecule is COc1ccc2c(=S)c(-c3csc(C)n3)c(C)oc2c1. The van der Waals surface area contributed by atoms with Crippen molar-refractivity contribution < 1.29 is 9.15 Å². The minimum absolute atomic E-state index is 0.738. The summed E-state index contributed by atoms with van der Waals surface area (Å²) >= 11 is 7.22. The van der Waals surface area contributed by atoms with Crippen molar-refractivity contribution in [2.24, 2.45) is 0 Å². The fraction of sp³-hybridized carbons (Fsp3) is 0.200. The van der Waals surface area contributed by atoms with E-state index in [2.05, 4.69) is 4.98 Å². The van der Waals surface area contributed by atoms with E-state index in [1.807, 2.05) is 37.4 Å². The summed E-state index contributed by atoms with van der Waals surface area (Å²) in [7, 11) is 1.63. The third-order valence-corrected chi connectivity index (χ3v) is 4.35. The van der Waals surface area contributed by atoms with Gasteiger partial charge in [0.15, 0.2) is 0 Å². The second-order valence-corrected chi connectivity index (χ2v) is 5.95. The summed E-state index contributed by atoms with van der Waals surface area (Å²) in [6, 6.07) is 5.68. The molecule has 3 nitrogen and oxygen atoms in total. The highest BCUT2D eigenvalue weighted by molar-refractivity contribution is 7.71. The van der Waals surface area contributed by atoms with Crippen LogP contribution in [0.1, 0.15) is 10.8 Å². The third kappa shape index (κ3) is 2.13. The van der Waals surface area contributed by atoms with Gasteiger partial charge in [-0.1, -0.05) is 12.2 Å². The molecule has 0 unspecified atom stereocenters. The molecular weight excluding hydrogens is 290 g/mol. The van der Waals surface area contributed by atoms with Crippen LogP contribution in [0, 0.1) is 18.4 Å². The molecule has 102 valence electrons. The van der Waals surface area contributed by atoms with Gasteiger partial charge in [-0.05, 0) is 26.0 Å². The van der Waals surface area contributed by atoms with E-state index in [-0.39, 0.29) is 0 Å². The number of hydrogen-bond donors (Lipinski definition) is 0. The van der Waals surface area contributed by atoms with E-state index in [0.717, 1.165) is 43.3 Å². The van der Waals surface area contributed by atoms with Gasteiger partial charge in [0.2, 0.25) is 0 Å². The molecule has 0 fully saturated rings. The van der Waals surface area contributed by atoms with Crippen molar-refractivity contribution in [2.45, 2.75) is 13.8 Å². The van der Waals surface area contributed by atoms with Gasteiger partial charge < -0.3 is 9.15 Å². The number of aromatic nitrogens is 1. The van der Waals surface area contributed by atoms with E-state index in [1.165, 1.54) is 0 Å². The Balaban J connectivity index is 2.32. The predicted octanol–water partition coefficient (Wildman–Crippen LogP) is 4.91. The Morgan fingerprint density at radius 2 is 2.10 bits per heavy atom. The highest BCUT2D eigenvalue weighted by Gasteiger charge is 2.13. The minimum Gasteiger partial charge on any atom is -0.497 e. The number of nitrogens with zero attached hydrogens (tertiary/aromatic N) is 1. The average Bonchev–Trinajstić information content (AvgIpc) is 2.84. The summed E-state index contributed by atoms with van der Waals surface area (Å²) in [6.45, 7) is 3.90. The van der Waals surface area contributed by atoms with Crippen LogP contribution in [-0.2, 0) is 0 Å². The molecule has 5 heteroatoms. The molecule has 3 aromatic rings. The van der Waals surface area contributed by atoms with Gasteiger partial charge in [-0.25, -0.2) is 4.98 Å². The second kappa shape index (κ2) is 5.00. The fourth-order valence-electron chi connectivity index (χ4n) is 2.19. The standard InChI is InChI=1S/C15H13NO2S2/c1-8-14(12-7-20-9(2)16-12)15(19)11-5-4-10(17-3)6-13(11)18-8/h4-7H,1-3H3. The van der Waals surface area contributed by atoms with Crippen LogP contribution in [0.5, 0.6) is 5.75 Å². The van der Waals surface area contributed by atoms with Crippen LogP contribution in [0.3, 0.4) is 0 Å². The lowest BCUT2D eigenvalue weighted by Crippen LogP contribution is -1.89. The van der Waals surface area contributed by atoms with Gasteiger partial charge in [-0.2, -0.15) is 0 Å². The molecule has 0 spiro atoms. The molecular formula is C15H13NO2S2. The van der Waals surface area contributed by atoms with E-state index < -0.39 is 0 Å². The summed E-state index contributed by atoms with van der Waals surface area (Å²) in [4.78, 5) is 4.51. The lowest BCUT2D eigenvalue weighted by Gasteiger charge is -2.07. The molecule has 0 N–H and O–H groups in total. The molecule has 2 aromatic heterocycles. The number of rotatable bonds is 2. The molecule has 0 bridgehead atoms. The van der Waals surface area contributed by atoms with Crippen molar-refractivity contribution in [1.29, 1.82) is 0 Å². The quantitative estimate of drug-likeness (QED) is 0.630. The Morgan fingerprint density at radius 1 is 1.30 bits per heavy atom. The van der Waals surface area contributed by atoms with Gasteiger partial charge >= 0.3 is 0 Å². The number of thiazole rings is 1. The zero-order valence-electron chi connectivity index (χ0n) is 11.4. The number of hydrogen-bond acceptors (Lipinski definition) is 5. The maximum atomic E-state index is 5.90. The summed E-state index contributed by atoms with van der Waals surface area (Å²) in [5, 5.41) is 3.94. The van der Waals surface area contributed by atoms with Crippen LogP contribution in [0.4, 0.5) is 0 Å². The predicted molar refractivity (Wildman–Crippen MR) is 84.2 cm³/mol. The molecule has 0 radical (unpaired) electrons. The van der Waals surface area contributed by atoms with Crippen LogP contribution >= 0.6 is 23.6 Å². The Labute approximate surface area is 125 Å². The molecule has 0 saturated heterocycles. The molecule has 20 heavy (non-hydrogen) atoms.